The van der Waals surface area contributed by atoms with E-state index < -0.39 is 0 Å². The van der Waals surface area contributed by atoms with Gasteiger partial charge in [-0.05, 0) is 42.3 Å². The van der Waals surface area contributed by atoms with E-state index in [-0.39, 0.29) is 11.9 Å². The average molecular weight is 448 g/mol. The molecule has 0 spiro atoms. The number of hydrogen-bond acceptors (Lipinski definition) is 2. The quantitative estimate of drug-likeness (QED) is 0.391. The molecule has 4 nitrogen and oxygen atoms in total. The van der Waals surface area contributed by atoms with Crippen molar-refractivity contribution in [1.82, 2.24) is 15.1 Å². The molecule has 1 aromatic heterocycles. The number of fused-ring (bicyclic) bond motifs is 1. The fraction of sp³-hybridized carbons (Fsp3) is 0.120. The van der Waals surface area contributed by atoms with Crippen molar-refractivity contribution < 1.29 is 4.79 Å². The predicted octanol–water partition coefficient (Wildman–Crippen LogP) is 6.44. The van der Waals surface area contributed by atoms with Crippen LogP contribution in [0.4, 0.5) is 0 Å². The van der Waals surface area contributed by atoms with Crippen LogP contribution in [0.5, 0.6) is 0 Å². The molecule has 0 aliphatic carbocycles. The van der Waals surface area contributed by atoms with Crippen molar-refractivity contribution in [3.63, 3.8) is 0 Å². The number of hydrogen-bond donors (Lipinski definition) is 1. The fourth-order valence-corrected chi connectivity index (χ4v) is 4.32. The summed E-state index contributed by atoms with van der Waals surface area (Å²) in [7, 11) is 0. The highest BCUT2D eigenvalue weighted by molar-refractivity contribution is 6.30. The van der Waals surface area contributed by atoms with Crippen molar-refractivity contribution in [2.45, 2.75) is 19.5 Å². The number of aromatic nitrogens is 2. The van der Waals surface area contributed by atoms with Crippen LogP contribution in [0.15, 0.2) is 72.8 Å². The Labute approximate surface area is 190 Å². The van der Waals surface area contributed by atoms with E-state index in [1.165, 1.54) is 5.56 Å². The molecule has 1 atom stereocenters. The Kier molecular flexibility index (Phi) is 5.05. The van der Waals surface area contributed by atoms with Gasteiger partial charge in [0.15, 0.2) is 0 Å². The largest absolute Gasteiger partial charge is 0.322 e. The maximum Gasteiger partial charge on any atom is 0.273 e. The monoisotopic (exact) mass is 447 g/mol. The minimum atomic E-state index is -0.273. The maximum absolute atomic E-state index is 13.4. The van der Waals surface area contributed by atoms with Crippen molar-refractivity contribution in [1.29, 1.82) is 0 Å². The SMILES string of the molecule is Cc1ccc(-c2n[nH]c3c2C(c2ccc(Cl)cc2)N(Cc2ccc(Cl)cc2)C3=O)cc1. The third-order valence-electron chi connectivity index (χ3n) is 5.64. The van der Waals surface area contributed by atoms with Gasteiger partial charge >= 0.3 is 0 Å². The van der Waals surface area contributed by atoms with Crippen LogP contribution in [0.25, 0.3) is 11.3 Å². The minimum Gasteiger partial charge on any atom is -0.322 e. The molecular weight excluding hydrogens is 429 g/mol. The second-order valence-corrected chi connectivity index (χ2v) is 8.61. The first-order chi connectivity index (χ1) is 15.0. The molecule has 3 aromatic carbocycles. The zero-order chi connectivity index (χ0) is 21.5. The first-order valence-corrected chi connectivity index (χ1v) is 10.7. The Morgan fingerprint density at radius 3 is 2.16 bits per heavy atom. The highest BCUT2D eigenvalue weighted by Crippen LogP contribution is 2.43. The Bertz CT molecular complexity index is 1250. The summed E-state index contributed by atoms with van der Waals surface area (Å²) in [5.41, 5.74) is 6.36. The first-order valence-electron chi connectivity index (χ1n) is 9.97. The second-order valence-electron chi connectivity index (χ2n) is 7.74. The number of benzene rings is 3. The van der Waals surface area contributed by atoms with E-state index in [0.717, 1.165) is 27.9 Å². The summed E-state index contributed by atoms with van der Waals surface area (Å²) >= 11 is 12.2. The number of aromatic amines is 1. The lowest BCUT2D eigenvalue weighted by Gasteiger charge is -2.26. The van der Waals surface area contributed by atoms with Crippen LogP contribution in [-0.4, -0.2) is 21.0 Å². The Morgan fingerprint density at radius 2 is 1.52 bits per heavy atom. The van der Waals surface area contributed by atoms with Gasteiger partial charge in [0.05, 0.1) is 11.7 Å². The Morgan fingerprint density at radius 1 is 0.903 bits per heavy atom. The number of H-pyrrole nitrogens is 1. The van der Waals surface area contributed by atoms with Crippen LogP contribution < -0.4 is 0 Å². The minimum absolute atomic E-state index is 0.0734. The topological polar surface area (TPSA) is 49.0 Å². The number of nitrogens with one attached hydrogen (secondary N) is 1. The Balaban J connectivity index is 1.63. The number of rotatable bonds is 4. The molecule has 0 fully saturated rings. The standard InChI is InChI=1S/C25H19Cl2N3O/c1-15-2-6-17(7-3-15)22-21-23(29-28-22)25(31)30(14-16-4-10-19(26)11-5-16)24(21)18-8-12-20(27)13-9-18/h2-13,24H,14H2,1H3,(H,28,29). The van der Waals surface area contributed by atoms with Crippen LogP contribution >= 0.6 is 23.2 Å². The lowest BCUT2D eigenvalue weighted by atomic mass is 9.95. The molecule has 31 heavy (non-hydrogen) atoms. The molecule has 1 amide bonds. The molecule has 1 aliphatic heterocycles. The van der Waals surface area contributed by atoms with Crippen LogP contribution in [0, 0.1) is 6.92 Å². The van der Waals surface area contributed by atoms with Gasteiger partial charge in [-0.3, -0.25) is 9.89 Å². The lowest BCUT2D eigenvalue weighted by molar-refractivity contribution is 0.0730. The van der Waals surface area contributed by atoms with Crippen molar-refractivity contribution >= 4 is 29.1 Å². The van der Waals surface area contributed by atoms with Crippen LogP contribution in [0.2, 0.25) is 10.0 Å². The van der Waals surface area contributed by atoms with Gasteiger partial charge in [-0.2, -0.15) is 5.10 Å². The predicted molar refractivity (Wildman–Crippen MR) is 123 cm³/mol. The first kappa shape index (κ1) is 19.9. The van der Waals surface area contributed by atoms with Crippen LogP contribution in [-0.2, 0) is 6.54 Å². The summed E-state index contributed by atoms with van der Waals surface area (Å²) in [5.74, 6) is -0.0734. The molecule has 2 heterocycles. The van der Waals surface area contributed by atoms with Gasteiger partial charge in [-0.15, -0.1) is 0 Å². The molecule has 1 N–H and O–H groups in total. The molecule has 1 aliphatic rings. The van der Waals surface area contributed by atoms with Gasteiger partial charge in [-0.25, -0.2) is 0 Å². The van der Waals surface area contributed by atoms with E-state index in [1.807, 2.05) is 72.5 Å². The van der Waals surface area contributed by atoms with Crippen molar-refractivity contribution in [3.05, 3.63) is 111 Å². The molecule has 0 saturated carbocycles. The molecule has 5 rings (SSSR count). The molecule has 6 heteroatoms. The van der Waals surface area contributed by atoms with E-state index in [9.17, 15) is 4.79 Å². The highest BCUT2D eigenvalue weighted by Gasteiger charge is 2.42. The number of amides is 1. The summed E-state index contributed by atoms with van der Waals surface area (Å²) in [6.45, 7) is 2.51. The molecule has 0 bridgehead atoms. The number of carbonyl (C=O) groups excluding carboxylic acids is 1. The maximum atomic E-state index is 13.4. The zero-order valence-corrected chi connectivity index (χ0v) is 18.3. The average Bonchev–Trinajstić information content (AvgIpc) is 3.31. The van der Waals surface area contributed by atoms with Crippen molar-refractivity contribution in [2.24, 2.45) is 0 Å². The van der Waals surface area contributed by atoms with Crippen molar-refractivity contribution in [3.8, 4) is 11.3 Å². The van der Waals surface area contributed by atoms with Crippen LogP contribution in [0.3, 0.4) is 0 Å². The zero-order valence-electron chi connectivity index (χ0n) is 16.8. The van der Waals surface area contributed by atoms with Crippen molar-refractivity contribution in [2.75, 3.05) is 0 Å². The van der Waals surface area contributed by atoms with Gasteiger partial charge in [-0.1, -0.05) is 77.3 Å². The van der Waals surface area contributed by atoms with E-state index in [2.05, 4.69) is 22.3 Å². The molecule has 0 radical (unpaired) electrons. The lowest BCUT2D eigenvalue weighted by Crippen LogP contribution is -2.29. The summed E-state index contributed by atoms with van der Waals surface area (Å²) in [6, 6.07) is 23.1. The van der Waals surface area contributed by atoms with Crippen LogP contribution in [0.1, 0.15) is 38.8 Å². The number of aryl methyl sites for hydroxylation is 1. The third-order valence-corrected chi connectivity index (χ3v) is 6.14. The third kappa shape index (κ3) is 3.62. The number of halogens is 2. The Hall–Kier alpha value is -3.08. The normalized spacial score (nSPS) is 15.4. The summed E-state index contributed by atoms with van der Waals surface area (Å²) < 4.78 is 0. The van der Waals surface area contributed by atoms with Gasteiger partial charge in [0.25, 0.3) is 5.91 Å². The molecule has 0 saturated heterocycles. The smallest absolute Gasteiger partial charge is 0.273 e. The summed E-state index contributed by atoms with van der Waals surface area (Å²) in [4.78, 5) is 15.3. The fourth-order valence-electron chi connectivity index (χ4n) is 4.07. The second kappa shape index (κ2) is 7.88. The van der Waals surface area contributed by atoms with E-state index >= 15 is 0 Å². The summed E-state index contributed by atoms with van der Waals surface area (Å²) in [6.07, 6.45) is 0. The van der Waals surface area contributed by atoms with E-state index in [0.29, 0.717) is 22.3 Å². The molecular formula is C25H19Cl2N3O. The molecule has 4 aromatic rings. The van der Waals surface area contributed by atoms with Gasteiger partial charge in [0.2, 0.25) is 0 Å². The highest BCUT2D eigenvalue weighted by atomic mass is 35.5. The summed E-state index contributed by atoms with van der Waals surface area (Å²) in [5, 5.41) is 8.84. The molecule has 154 valence electrons. The van der Waals surface area contributed by atoms with E-state index in [1.54, 1.807) is 0 Å². The number of carbonyl (C=O) groups is 1. The molecule has 1 unspecified atom stereocenters. The van der Waals surface area contributed by atoms with E-state index in [4.69, 9.17) is 23.2 Å². The van der Waals surface area contributed by atoms with Gasteiger partial charge in [0, 0.05) is 27.7 Å². The number of nitrogens with zero attached hydrogens (tertiary/aromatic N) is 2. The van der Waals surface area contributed by atoms with Gasteiger partial charge < -0.3 is 4.90 Å². The van der Waals surface area contributed by atoms with Gasteiger partial charge in [0.1, 0.15) is 5.69 Å².